The fourth-order valence-corrected chi connectivity index (χ4v) is 2.79. The molecule has 1 aromatic heterocycles. The highest BCUT2D eigenvalue weighted by atomic mass is 35.5. The zero-order valence-corrected chi connectivity index (χ0v) is 14.3. The maximum absolute atomic E-state index is 12.4. The van der Waals surface area contributed by atoms with E-state index in [0.717, 1.165) is 24.0 Å². The number of anilines is 1. The van der Waals surface area contributed by atoms with E-state index in [9.17, 15) is 9.59 Å². The number of pyridine rings is 1. The van der Waals surface area contributed by atoms with Crippen LogP contribution in [-0.4, -0.2) is 22.8 Å². The summed E-state index contributed by atoms with van der Waals surface area (Å²) in [4.78, 5) is 28.7. The second-order valence-corrected chi connectivity index (χ2v) is 6.46. The second kappa shape index (κ2) is 6.61. The van der Waals surface area contributed by atoms with Gasteiger partial charge in [-0.05, 0) is 56.0 Å². The lowest BCUT2D eigenvalue weighted by Crippen LogP contribution is -2.27. The Morgan fingerprint density at radius 1 is 1.12 bits per heavy atom. The summed E-state index contributed by atoms with van der Waals surface area (Å²) in [5.41, 5.74) is 2.86. The molecular weight excluding hydrogens is 326 g/mol. The average Bonchev–Trinajstić information content (AvgIpc) is 3.34. The van der Waals surface area contributed by atoms with Crippen molar-refractivity contribution in [1.29, 1.82) is 0 Å². The molecule has 2 aromatic rings. The van der Waals surface area contributed by atoms with Crippen molar-refractivity contribution in [2.75, 3.05) is 5.32 Å². The van der Waals surface area contributed by atoms with E-state index < -0.39 is 5.91 Å². The van der Waals surface area contributed by atoms with Crippen LogP contribution >= 0.6 is 11.6 Å². The van der Waals surface area contributed by atoms with Gasteiger partial charge >= 0.3 is 0 Å². The molecule has 0 aliphatic heterocycles. The molecule has 1 aliphatic carbocycles. The topological polar surface area (TPSA) is 71.1 Å². The Morgan fingerprint density at radius 2 is 1.79 bits per heavy atom. The Labute approximate surface area is 145 Å². The SMILES string of the molecule is Cc1cc(C)c(NC(=O)c2cccc(C(=O)NC3CC3)n2)c(Cl)c1. The van der Waals surface area contributed by atoms with E-state index in [1.54, 1.807) is 24.3 Å². The number of aromatic nitrogens is 1. The molecule has 6 heteroatoms. The van der Waals surface area contributed by atoms with Gasteiger partial charge in [-0.2, -0.15) is 0 Å². The van der Waals surface area contributed by atoms with Gasteiger partial charge in [0, 0.05) is 6.04 Å². The summed E-state index contributed by atoms with van der Waals surface area (Å²) >= 11 is 6.21. The highest BCUT2D eigenvalue weighted by molar-refractivity contribution is 6.34. The van der Waals surface area contributed by atoms with E-state index in [0.29, 0.717) is 10.7 Å². The van der Waals surface area contributed by atoms with Crippen LogP contribution in [-0.2, 0) is 0 Å². The van der Waals surface area contributed by atoms with Crippen molar-refractivity contribution >= 4 is 29.1 Å². The second-order valence-electron chi connectivity index (χ2n) is 6.05. The molecule has 0 spiro atoms. The third kappa shape index (κ3) is 3.74. The lowest BCUT2D eigenvalue weighted by Gasteiger charge is -2.11. The molecule has 0 saturated heterocycles. The van der Waals surface area contributed by atoms with Gasteiger partial charge < -0.3 is 10.6 Å². The smallest absolute Gasteiger partial charge is 0.274 e. The molecule has 24 heavy (non-hydrogen) atoms. The number of rotatable bonds is 4. The number of amides is 2. The molecule has 124 valence electrons. The van der Waals surface area contributed by atoms with Gasteiger partial charge in [-0.3, -0.25) is 9.59 Å². The summed E-state index contributed by atoms with van der Waals surface area (Å²) in [7, 11) is 0. The first-order chi connectivity index (χ1) is 11.4. The van der Waals surface area contributed by atoms with Crippen molar-refractivity contribution in [3.05, 3.63) is 57.9 Å². The van der Waals surface area contributed by atoms with Crippen LogP contribution in [0.2, 0.25) is 5.02 Å². The van der Waals surface area contributed by atoms with Gasteiger partial charge in [-0.15, -0.1) is 0 Å². The number of carbonyl (C=O) groups is 2. The first kappa shape index (κ1) is 16.5. The third-order valence-corrected chi connectivity index (χ3v) is 4.10. The van der Waals surface area contributed by atoms with Crippen molar-refractivity contribution < 1.29 is 9.59 Å². The number of nitrogens with zero attached hydrogens (tertiary/aromatic N) is 1. The molecular formula is C18H18ClN3O2. The van der Waals surface area contributed by atoms with Gasteiger partial charge in [0.05, 0.1) is 10.7 Å². The van der Waals surface area contributed by atoms with Crippen LogP contribution in [0.3, 0.4) is 0 Å². The van der Waals surface area contributed by atoms with Gasteiger partial charge in [0.25, 0.3) is 11.8 Å². The van der Waals surface area contributed by atoms with Gasteiger partial charge in [0.15, 0.2) is 0 Å². The molecule has 1 heterocycles. The Hall–Kier alpha value is -2.40. The van der Waals surface area contributed by atoms with Gasteiger partial charge in [0.2, 0.25) is 0 Å². The molecule has 2 N–H and O–H groups in total. The molecule has 1 aromatic carbocycles. The van der Waals surface area contributed by atoms with Crippen LogP contribution in [0.1, 0.15) is 44.9 Å². The van der Waals surface area contributed by atoms with Crippen LogP contribution < -0.4 is 10.6 Å². The molecule has 1 aliphatic rings. The minimum absolute atomic E-state index is 0.175. The maximum atomic E-state index is 12.4. The maximum Gasteiger partial charge on any atom is 0.274 e. The largest absolute Gasteiger partial charge is 0.348 e. The Kier molecular flexibility index (Phi) is 4.53. The summed E-state index contributed by atoms with van der Waals surface area (Å²) < 4.78 is 0. The molecule has 1 fully saturated rings. The van der Waals surface area contributed by atoms with Crippen LogP contribution in [0.4, 0.5) is 5.69 Å². The first-order valence-electron chi connectivity index (χ1n) is 7.80. The van der Waals surface area contributed by atoms with Crippen molar-refractivity contribution in [1.82, 2.24) is 10.3 Å². The lowest BCUT2D eigenvalue weighted by molar-refractivity contribution is 0.0946. The zero-order valence-electron chi connectivity index (χ0n) is 13.5. The minimum Gasteiger partial charge on any atom is -0.348 e. The van der Waals surface area contributed by atoms with Gasteiger partial charge in [-0.25, -0.2) is 4.98 Å². The molecule has 1 saturated carbocycles. The summed E-state index contributed by atoms with van der Waals surface area (Å²) in [5, 5.41) is 6.11. The van der Waals surface area contributed by atoms with Crippen LogP contribution in [0.5, 0.6) is 0 Å². The molecule has 0 unspecified atom stereocenters. The van der Waals surface area contributed by atoms with E-state index in [1.807, 2.05) is 19.9 Å². The van der Waals surface area contributed by atoms with Crippen LogP contribution in [0.25, 0.3) is 0 Å². The van der Waals surface area contributed by atoms with Crippen molar-refractivity contribution in [3.8, 4) is 0 Å². The van der Waals surface area contributed by atoms with Crippen molar-refractivity contribution in [2.24, 2.45) is 0 Å². The number of nitrogens with one attached hydrogen (secondary N) is 2. The monoisotopic (exact) mass is 343 g/mol. The summed E-state index contributed by atoms with van der Waals surface area (Å²) in [5.74, 6) is -0.651. The van der Waals surface area contributed by atoms with Gasteiger partial charge in [-0.1, -0.05) is 23.7 Å². The van der Waals surface area contributed by atoms with Crippen LogP contribution in [0, 0.1) is 13.8 Å². The van der Waals surface area contributed by atoms with E-state index >= 15 is 0 Å². The number of benzene rings is 1. The number of hydrogen-bond acceptors (Lipinski definition) is 3. The van der Waals surface area contributed by atoms with E-state index in [-0.39, 0.29) is 23.3 Å². The molecule has 0 bridgehead atoms. The number of aryl methyl sites for hydroxylation is 2. The van der Waals surface area contributed by atoms with Crippen LogP contribution in [0.15, 0.2) is 30.3 Å². The van der Waals surface area contributed by atoms with Gasteiger partial charge in [0.1, 0.15) is 11.4 Å². The van der Waals surface area contributed by atoms with E-state index in [2.05, 4.69) is 15.6 Å². The molecule has 2 amide bonds. The predicted octanol–water partition coefficient (Wildman–Crippen LogP) is 3.50. The molecule has 0 radical (unpaired) electrons. The van der Waals surface area contributed by atoms with E-state index in [4.69, 9.17) is 11.6 Å². The third-order valence-electron chi connectivity index (χ3n) is 3.80. The lowest BCUT2D eigenvalue weighted by atomic mass is 10.1. The molecule has 5 nitrogen and oxygen atoms in total. The molecule has 3 rings (SSSR count). The first-order valence-corrected chi connectivity index (χ1v) is 8.18. The number of carbonyl (C=O) groups excluding carboxylic acids is 2. The highest BCUT2D eigenvalue weighted by Crippen LogP contribution is 2.27. The zero-order chi connectivity index (χ0) is 17.3. The average molecular weight is 344 g/mol. The Bertz CT molecular complexity index is 793. The fourth-order valence-electron chi connectivity index (χ4n) is 2.43. The summed E-state index contributed by atoms with van der Waals surface area (Å²) in [6.45, 7) is 3.81. The normalized spacial score (nSPS) is 13.5. The number of hydrogen-bond donors (Lipinski definition) is 2. The van der Waals surface area contributed by atoms with Crippen molar-refractivity contribution in [3.63, 3.8) is 0 Å². The number of halogens is 1. The summed E-state index contributed by atoms with van der Waals surface area (Å²) in [6, 6.07) is 8.78. The van der Waals surface area contributed by atoms with Crippen molar-refractivity contribution in [2.45, 2.75) is 32.7 Å². The highest BCUT2D eigenvalue weighted by Gasteiger charge is 2.24. The summed E-state index contributed by atoms with van der Waals surface area (Å²) in [6.07, 6.45) is 1.99. The van der Waals surface area contributed by atoms with E-state index in [1.165, 1.54) is 0 Å². The Morgan fingerprint density at radius 3 is 2.42 bits per heavy atom. The molecule has 0 atom stereocenters. The Balaban J connectivity index is 1.79. The predicted molar refractivity (Wildman–Crippen MR) is 93.6 cm³/mol. The quantitative estimate of drug-likeness (QED) is 0.892. The minimum atomic E-state index is -0.398. The fraction of sp³-hybridized carbons (Fsp3) is 0.278. The standard InChI is InChI=1S/C18H18ClN3O2/c1-10-8-11(2)16(13(19)9-10)22-18(24)15-5-3-4-14(21-15)17(23)20-12-6-7-12/h3-5,8-9,12H,6-7H2,1-2H3,(H,20,23)(H,22,24).